The van der Waals surface area contributed by atoms with E-state index < -0.39 is 12.7 Å². The van der Waals surface area contributed by atoms with Gasteiger partial charge in [-0.3, -0.25) is 9.48 Å². The maximum atomic E-state index is 12.1. The van der Waals surface area contributed by atoms with Crippen LogP contribution >= 0.6 is 0 Å². The maximum absolute atomic E-state index is 12.1. The van der Waals surface area contributed by atoms with Gasteiger partial charge in [-0.25, -0.2) is 0 Å². The first-order valence-electron chi connectivity index (χ1n) is 6.05. The van der Waals surface area contributed by atoms with Gasteiger partial charge in [0.05, 0.1) is 11.9 Å². The van der Waals surface area contributed by atoms with Crippen LogP contribution in [0.5, 0.6) is 0 Å². The minimum atomic E-state index is -4.32. The lowest BCUT2D eigenvalue weighted by Crippen LogP contribution is -2.27. The fourth-order valence-corrected chi connectivity index (χ4v) is 2.07. The third kappa shape index (κ3) is 4.55. The van der Waals surface area contributed by atoms with Crippen LogP contribution < -0.4 is 10.6 Å². The quantitative estimate of drug-likeness (QED) is 0.876. The van der Waals surface area contributed by atoms with E-state index in [1.807, 2.05) is 0 Å². The highest BCUT2D eigenvalue weighted by molar-refractivity contribution is 5.90. The third-order valence-electron chi connectivity index (χ3n) is 2.85. The molecule has 106 valence electrons. The molecule has 8 heteroatoms. The van der Waals surface area contributed by atoms with Crippen molar-refractivity contribution in [3.63, 3.8) is 0 Å². The number of nitrogens with one attached hydrogen (secondary N) is 2. The van der Waals surface area contributed by atoms with Gasteiger partial charge in [0.2, 0.25) is 5.91 Å². The topological polar surface area (TPSA) is 59.0 Å². The Morgan fingerprint density at radius 2 is 2.37 bits per heavy atom. The summed E-state index contributed by atoms with van der Waals surface area (Å²) in [5.41, 5.74) is 0.284. The average Bonchev–Trinajstić information content (AvgIpc) is 2.88. The van der Waals surface area contributed by atoms with E-state index in [1.165, 1.54) is 12.4 Å². The molecule has 1 unspecified atom stereocenters. The highest BCUT2D eigenvalue weighted by Gasteiger charge is 2.28. The van der Waals surface area contributed by atoms with Crippen LogP contribution in [0.25, 0.3) is 0 Å². The second-order valence-corrected chi connectivity index (χ2v) is 4.59. The Morgan fingerprint density at radius 1 is 1.58 bits per heavy atom. The molecule has 1 aromatic rings. The molecular weight excluding hydrogens is 261 g/mol. The predicted molar refractivity (Wildman–Crippen MR) is 62.6 cm³/mol. The summed E-state index contributed by atoms with van der Waals surface area (Å²) >= 11 is 0. The van der Waals surface area contributed by atoms with E-state index in [2.05, 4.69) is 15.7 Å². The Labute approximate surface area is 108 Å². The van der Waals surface area contributed by atoms with Gasteiger partial charge in [-0.1, -0.05) is 0 Å². The third-order valence-corrected chi connectivity index (χ3v) is 2.85. The number of hydrogen-bond acceptors (Lipinski definition) is 3. The molecule has 1 amide bonds. The SMILES string of the molecule is O=C(CC1CCCN1)Nc1cnn(CC(F)(F)F)c1. The Morgan fingerprint density at radius 3 is 3.00 bits per heavy atom. The van der Waals surface area contributed by atoms with E-state index in [0.717, 1.165) is 24.1 Å². The van der Waals surface area contributed by atoms with Crippen LogP contribution in [0.4, 0.5) is 18.9 Å². The number of halogens is 3. The molecule has 0 bridgehead atoms. The number of amides is 1. The second-order valence-electron chi connectivity index (χ2n) is 4.59. The number of alkyl halides is 3. The zero-order valence-corrected chi connectivity index (χ0v) is 10.2. The molecule has 1 saturated heterocycles. The van der Waals surface area contributed by atoms with Gasteiger partial charge in [-0.15, -0.1) is 0 Å². The molecule has 2 heterocycles. The van der Waals surface area contributed by atoms with Crippen LogP contribution in [0.15, 0.2) is 12.4 Å². The van der Waals surface area contributed by atoms with Crippen LogP contribution in [0, 0.1) is 0 Å². The molecule has 0 aromatic carbocycles. The van der Waals surface area contributed by atoms with Gasteiger partial charge in [0.1, 0.15) is 6.54 Å². The number of hydrogen-bond donors (Lipinski definition) is 2. The average molecular weight is 276 g/mol. The van der Waals surface area contributed by atoms with Crippen molar-refractivity contribution in [1.29, 1.82) is 0 Å². The monoisotopic (exact) mass is 276 g/mol. The largest absolute Gasteiger partial charge is 0.408 e. The molecule has 0 spiro atoms. The van der Waals surface area contributed by atoms with Gasteiger partial charge in [0.25, 0.3) is 0 Å². The van der Waals surface area contributed by atoms with E-state index in [0.29, 0.717) is 6.42 Å². The molecule has 1 aromatic heterocycles. The molecule has 1 aliphatic heterocycles. The van der Waals surface area contributed by atoms with Crippen LogP contribution in [0.3, 0.4) is 0 Å². The summed E-state index contributed by atoms with van der Waals surface area (Å²) in [6.45, 7) is -0.255. The van der Waals surface area contributed by atoms with Crippen molar-refractivity contribution in [3.8, 4) is 0 Å². The predicted octanol–water partition coefficient (Wildman–Crippen LogP) is 1.53. The summed E-state index contributed by atoms with van der Waals surface area (Å²) in [6, 6.07) is 0.158. The number of anilines is 1. The van der Waals surface area contributed by atoms with Crippen LogP contribution in [-0.2, 0) is 11.3 Å². The summed E-state index contributed by atoms with van der Waals surface area (Å²) in [5, 5.41) is 9.28. The van der Waals surface area contributed by atoms with Gasteiger partial charge in [-0.05, 0) is 19.4 Å². The van der Waals surface area contributed by atoms with Gasteiger partial charge in [-0.2, -0.15) is 18.3 Å². The van der Waals surface area contributed by atoms with Crippen LogP contribution in [0.1, 0.15) is 19.3 Å². The minimum Gasteiger partial charge on any atom is -0.323 e. The number of nitrogens with zero attached hydrogens (tertiary/aromatic N) is 2. The van der Waals surface area contributed by atoms with Crippen LogP contribution in [0.2, 0.25) is 0 Å². The molecular formula is C11H15F3N4O. The number of carbonyl (C=O) groups is 1. The molecule has 1 aliphatic rings. The van der Waals surface area contributed by atoms with Crippen molar-refractivity contribution < 1.29 is 18.0 Å². The first-order chi connectivity index (χ1) is 8.92. The first kappa shape index (κ1) is 13.9. The standard InChI is InChI=1S/C11H15F3N4O/c12-11(13,14)7-18-6-9(5-16-18)17-10(19)4-8-2-1-3-15-8/h5-6,8,15H,1-4,7H2,(H,17,19). The lowest BCUT2D eigenvalue weighted by Gasteiger charge is -2.09. The Kier molecular flexibility index (Phi) is 4.08. The first-order valence-corrected chi connectivity index (χ1v) is 6.05. The van der Waals surface area contributed by atoms with E-state index >= 15 is 0 Å². The molecule has 0 aliphatic carbocycles. The normalized spacial score (nSPS) is 19.6. The zero-order chi connectivity index (χ0) is 13.9. The smallest absolute Gasteiger partial charge is 0.323 e. The molecule has 0 radical (unpaired) electrons. The Balaban J connectivity index is 1.83. The van der Waals surface area contributed by atoms with E-state index in [4.69, 9.17) is 0 Å². The van der Waals surface area contributed by atoms with Crippen molar-refractivity contribution >= 4 is 11.6 Å². The summed E-state index contributed by atoms with van der Waals surface area (Å²) in [6.07, 6.45) is 0.382. The lowest BCUT2D eigenvalue weighted by atomic mass is 10.1. The lowest BCUT2D eigenvalue weighted by molar-refractivity contribution is -0.142. The minimum absolute atomic E-state index is 0.158. The Hall–Kier alpha value is -1.57. The zero-order valence-electron chi connectivity index (χ0n) is 10.2. The highest BCUT2D eigenvalue weighted by Crippen LogP contribution is 2.18. The fourth-order valence-electron chi connectivity index (χ4n) is 2.07. The fraction of sp³-hybridized carbons (Fsp3) is 0.636. The molecule has 2 rings (SSSR count). The molecule has 1 fully saturated rings. The van der Waals surface area contributed by atoms with Crippen molar-refractivity contribution in [2.45, 2.75) is 38.0 Å². The van der Waals surface area contributed by atoms with E-state index in [1.54, 1.807) is 0 Å². The summed E-state index contributed by atoms with van der Waals surface area (Å²) in [4.78, 5) is 11.7. The van der Waals surface area contributed by atoms with Crippen molar-refractivity contribution in [1.82, 2.24) is 15.1 Å². The summed E-state index contributed by atoms with van der Waals surface area (Å²) in [5.74, 6) is -0.217. The van der Waals surface area contributed by atoms with Crippen LogP contribution in [-0.4, -0.2) is 34.5 Å². The van der Waals surface area contributed by atoms with Gasteiger partial charge in [0.15, 0.2) is 0 Å². The van der Waals surface area contributed by atoms with Crippen molar-refractivity contribution in [2.24, 2.45) is 0 Å². The van der Waals surface area contributed by atoms with E-state index in [9.17, 15) is 18.0 Å². The number of carbonyl (C=O) groups excluding carboxylic acids is 1. The Bertz CT molecular complexity index is 437. The number of aromatic nitrogens is 2. The van der Waals surface area contributed by atoms with Crippen molar-refractivity contribution in [3.05, 3.63) is 12.4 Å². The molecule has 5 nitrogen and oxygen atoms in total. The highest BCUT2D eigenvalue weighted by atomic mass is 19.4. The maximum Gasteiger partial charge on any atom is 0.408 e. The summed E-state index contributed by atoms with van der Waals surface area (Å²) in [7, 11) is 0. The molecule has 0 saturated carbocycles. The molecule has 19 heavy (non-hydrogen) atoms. The van der Waals surface area contributed by atoms with Gasteiger partial charge in [0, 0.05) is 18.7 Å². The summed E-state index contributed by atoms with van der Waals surface area (Å²) < 4.78 is 37.1. The number of rotatable bonds is 4. The molecule has 1 atom stereocenters. The molecule has 2 N–H and O–H groups in total. The van der Waals surface area contributed by atoms with Gasteiger partial charge < -0.3 is 10.6 Å². The van der Waals surface area contributed by atoms with Crippen molar-refractivity contribution in [2.75, 3.05) is 11.9 Å². The van der Waals surface area contributed by atoms with E-state index in [-0.39, 0.29) is 17.6 Å². The van der Waals surface area contributed by atoms with Gasteiger partial charge >= 0.3 is 6.18 Å². The second kappa shape index (κ2) is 5.60.